The largest absolute Gasteiger partial charge is 0.480 e. The van der Waals surface area contributed by atoms with E-state index >= 15 is 0 Å². The third-order valence-electron chi connectivity index (χ3n) is 3.31. The average molecular weight is 286 g/mol. The predicted molar refractivity (Wildman–Crippen MR) is 75.7 cm³/mol. The lowest BCUT2D eigenvalue weighted by Gasteiger charge is -2.38. The molecule has 1 saturated heterocycles. The van der Waals surface area contributed by atoms with Crippen LogP contribution in [-0.4, -0.2) is 64.8 Å². The first kappa shape index (κ1) is 16.8. The van der Waals surface area contributed by atoms with Gasteiger partial charge in [-0.3, -0.25) is 9.69 Å². The standard InChI is InChI=1S/C14H26N2O4/c1-5-15(10-12(17)18)11-7-6-8-16(9-11)13(19)20-14(2,3)4/h11H,5-10H2,1-4H3,(H,17,18). The minimum absolute atomic E-state index is 0.0172. The first-order valence-electron chi connectivity index (χ1n) is 7.16. The molecule has 0 spiro atoms. The number of likely N-dealkylation sites (tertiary alicyclic amines) is 1. The maximum absolute atomic E-state index is 12.1. The predicted octanol–water partition coefficient (Wildman–Crippen LogP) is 1.79. The van der Waals surface area contributed by atoms with Gasteiger partial charge in [-0.25, -0.2) is 4.79 Å². The molecule has 0 aromatic carbocycles. The number of likely N-dealkylation sites (N-methyl/N-ethyl adjacent to an activating group) is 1. The Morgan fingerprint density at radius 2 is 2.05 bits per heavy atom. The van der Waals surface area contributed by atoms with Crippen LogP contribution in [0.5, 0.6) is 0 Å². The molecule has 6 nitrogen and oxygen atoms in total. The summed E-state index contributed by atoms with van der Waals surface area (Å²) >= 11 is 0. The van der Waals surface area contributed by atoms with Crippen molar-refractivity contribution in [1.29, 1.82) is 0 Å². The molecule has 1 rings (SSSR count). The molecule has 1 unspecified atom stereocenters. The van der Waals surface area contributed by atoms with E-state index in [2.05, 4.69) is 0 Å². The third-order valence-corrected chi connectivity index (χ3v) is 3.31. The lowest BCUT2D eigenvalue weighted by molar-refractivity contribution is -0.139. The molecule has 1 heterocycles. The Kier molecular flexibility index (Phi) is 5.80. The van der Waals surface area contributed by atoms with Gasteiger partial charge in [0.2, 0.25) is 0 Å². The fraction of sp³-hybridized carbons (Fsp3) is 0.857. The van der Waals surface area contributed by atoms with Gasteiger partial charge in [0.1, 0.15) is 5.60 Å². The number of aliphatic carboxylic acids is 1. The quantitative estimate of drug-likeness (QED) is 0.853. The molecule has 1 amide bonds. The van der Waals surface area contributed by atoms with Gasteiger partial charge in [-0.2, -0.15) is 0 Å². The van der Waals surface area contributed by atoms with Crippen LogP contribution in [0, 0.1) is 0 Å². The normalized spacial score (nSPS) is 20.1. The number of ether oxygens (including phenoxy) is 1. The number of carboxylic acid groups (broad SMARTS) is 1. The monoisotopic (exact) mass is 286 g/mol. The van der Waals surface area contributed by atoms with E-state index in [1.807, 2.05) is 32.6 Å². The van der Waals surface area contributed by atoms with Crippen molar-refractivity contribution in [3.8, 4) is 0 Å². The van der Waals surface area contributed by atoms with Gasteiger partial charge in [0.05, 0.1) is 6.54 Å². The number of carbonyl (C=O) groups excluding carboxylic acids is 1. The maximum atomic E-state index is 12.1. The van der Waals surface area contributed by atoms with Crippen molar-refractivity contribution in [2.24, 2.45) is 0 Å². The average Bonchev–Trinajstić information content (AvgIpc) is 2.34. The van der Waals surface area contributed by atoms with Gasteiger partial charge in [0.15, 0.2) is 0 Å². The molecular weight excluding hydrogens is 260 g/mol. The highest BCUT2D eigenvalue weighted by Crippen LogP contribution is 2.18. The van der Waals surface area contributed by atoms with Crippen LogP contribution in [0.25, 0.3) is 0 Å². The smallest absolute Gasteiger partial charge is 0.410 e. The fourth-order valence-electron chi connectivity index (χ4n) is 2.42. The van der Waals surface area contributed by atoms with E-state index in [1.165, 1.54) is 0 Å². The zero-order valence-electron chi connectivity index (χ0n) is 12.9. The van der Waals surface area contributed by atoms with Crippen molar-refractivity contribution >= 4 is 12.1 Å². The Bertz CT molecular complexity index is 352. The number of piperidine rings is 1. The molecule has 1 N–H and O–H groups in total. The van der Waals surface area contributed by atoms with Gasteiger partial charge >= 0.3 is 12.1 Å². The van der Waals surface area contributed by atoms with Crippen LogP contribution in [0.15, 0.2) is 0 Å². The molecule has 6 heteroatoms. The number of carbonyl (C=O) groups is 2. The number of nitrogens with zero attached hydrogens (tertiary/aromatic N) is 2. The molecule has 0 radical (unpaired) electrons. The third kappa shape index (κ3) is 5.36. The van der Waals surface area contributed by atoms with Crippen molar-refractivity contribution in [3.63, 3.8) is 0 Å². The molecule has 116 valence electrons. The highest BCUT2D eigenvalue weighted by molar-refractivity contribution is 5.69. The Morgan fingerprint density at radius 3 is 2.55 bits per heavy atom. The number of amides is 1. The fourth-order valence-corrected chi connectivity index (χ4v) is 2.42. The molecule has 0 aromatic heterocycles. The van der Waals surface area contributed by atoms with Crippen molar-refractivity contribution < 1.29 is 19.4 Å². The van der Waals surface area contributed by atoms with E-state index in [1.54, 1.807) is 4.90 Å². The number of hydrogen-bond acceptors (Lipinski definition) is 4. The second kappa shape index (κ2) is 6.92. The summed E-state index contributed by atoms with van der Waals surface area (Å²) in [6, 6.07) is 0.0948. The first-order chi connectivity index (χ1) is 9.23. The zero-order valence-corrected chi connectivity index (χ0v) is 12.9. The highest BCUT2D eigenvalue weighted by atomic mass is 16.6. The van der Waals surface area contributed by atoms with Crippen LogP contribution in [0.4, 0.5) is 4.79 Å². The van der Waals surface area contributed by atoms with Crippen LogP contribution in [-0.2, 0) is 9.53 Å². The van der Waals surface area contributed by atoms with Crippen molar-refractivity contribution in [2.45, 2.75) is 52.2 Å². The molecule has 0 aromatic rings. The second-order valence-electron chi connectivity index (χ2n) is 6.18. The van der Waals surface area contributed by atoms with E-state index < -0.39 is 11.6 Å². The summed E-state index contributed by atoms with van der Waals surface area (Å²) in [5.74, 6) is -0.832. The minimum atomic E-state index is -0.832. The van der Waals surface area contributed by atoms with Gasteiger partial charge in [-0.1, -0.05) is 6.92 Å². The molecule has 0 saturated carbocycles. The van der Waals surface area contributed by atoms with Gasteiger partial charge in [0, 0.05) is 19.1 Å². The number of rotatable bonds is 4. The number of hydrogen-bond donors (Lipinski definition) is 1. The molecular formula is C14H26N2O4. The van der Waals surface area contributed by atoms with Crippen molar-refractivity contribution in [3.05, 3.63) is 0 Å². The molecule has 1 aliphatic rings. The van der Waals surface area contributed by atoms with E-state index in [0.717, 1.165) is 12.8 Å². The van der Waals surface area contributed by atoms with Crippen LogP contribution in [0.2, 0.25) is 0 Å². The molecule has 1 aliphatic heterocycles. The Labute approximate surface area is 120 Å². The minimum Gasteiger partial charge on any atom is -0.480 e. The molecule has 1 fully saturated rings. The summed E-state index contributed by atoms with van der Waals surface area (Å²) in [5.41, 5.74) is -0.504. The maximum Gasteiger partial charge on any atom is 0.410 e. The van der Waals surface area contributed by atoms with Gasteiger partial charge < -0.3 is 14.7 Å². The van der Waals surface area contributed by atoms with E-state index in [0.29, 0.717) is 19.6 Å². The van der Waals surface area contributed by atoms with Crippen LogP contribution in [0.3, 0.4) is 0 Å². The molecule has 0 bridgehead atoms. The summed E-state index contributed by atoms with van der Waals surface area (Å²) in [6.45, 7) is 9.36. The second-order valence-corrected chi connectivity index (χ2v) is 6.18. The Balaban J connectivity index is 2.61. The van der Waals surface area contributed by atoms with E-state index in [9.17, 15) is 9.59 Å². The van der Waals surface area contributed by atoms with Gasteiger partial charge in [0.25, 0.3) is 0 Å². The molecule has 1 atom stereocenters. The molecule has 20 heavy (non-hydrogen) atoms. The van der Waals surface area contributed by atoms with Crippen molar-refractivity contribution in [1.82, 2.24) is 9.80 Å². The number of carboxylic acids is 1. The van der Waals surface area contributed by atoms with E-state index in [-0.39, 0.29) is 18.7 Å². The summed E-state index contributed by atoms with van der Waals surface area (Å²) in [5, 5.41) is 8.93. The highest BCUT2D eigenvalue weighted by Gasteiger charge is 2.30. The van der Waals surface area contributed by atoms with Crippen LogP contribution < -0.4 is 0 Å². The lowest BCUT2D eigenvalue weighted by Crippen LogP contribution is -2.51. The lowest BCUT2D eigenvalue weighted by atomic mass is 10.0. The van der Waals surface area contributed by atoms with Gasteiger partial charge in [-0.15, -0.1) is 0 Å². The van der Waals surface area contributed by atoms with Gasteiger partial charge in [-0.05, 0) is 40.2 Å². The van der Waals surface area contributed by atoms with Crippen LogP contribution in [0.1, 0.15) is 40.5 Å². The Morgan fingerprint density at radius 1 is 1.40 bits per heavy atom. The van der Waals surface area contributed by atoms with E-state index in [4.69, 9.17) is 9.84 Å². The zero-order chi connectivity index (χ0) is 15.3. The van der Waals surface area contributed by atoms with Crippen LogP contribution >= 0.6 is 0 Å². The topological polar surface area (TPSA) is 70.1 Å². The summed E-state index contributed by atoms with van der Waals surface area (Å²) in [4.78, 5) is 26.5. The molecule has 0 aliphatic carbocycles. The SMILES string of the molecule is CCN(CC(=O)O)C1CCCN(C(=O)OC(C)(C)C)C1. The summed E-state index contributed by atoms with van der Waals surface area (Å²) in [7, 11) is 0. The first-order valence-corrected chi connectivity index (χ1v) is 7.16. The van der Waals surface area contributed by atoms with Crippen molar-refractivity contribution in [2.75, 3.05) is 26.2 Å². The summed E-state index contributed by atoms with van der Waals surface area (Å²) in [6.07, 6.45) is 1.48. The Hall–Kier alpha value is -1.30. The summed E-state index contributed by atoms with van der Waals surface area (Å²) < 4.78 is 5.37.